The summed E-state index contributed by atoms with van der Waals surface area (Å²) >= 11 is 0. The van der Waals surface area contributed by atoms with E-state index in [2.05, 4.69) is 24.9 Å². The molecule has 0 atom stereocenters. The zero-order chi connectivity index (χ0) is 16.5. The van der Waals surface area contributed by atoms with Crippen LogP contribution in [-0.2, 0) is 0 Å². The SMILES string of the molecule is c1ccc(-c2ncnc(-c3ccccc3)n2)cc1.c1cnccn1. The molecule has 0 unspecified atom stereocenters. The van der Waals surface area contributed by atoms with Crippen LogP contribution in [0.3, 0.4) is 0 Å². The van der Waals surface area contributed by atoms with Crippen LogP contribution >= 0.6 is 0 Å². The molecule has 2 aromatic heterocycles. The molecule has 116 valence electrons. The van der Waals surface area contributed by atoms with Gasteiger partial charge in [-0.2, -0.15) is 0 Å². The van der Waals surface area contributed by atoms with Crippen LogP contribution in [0.4, 0.5) is 0 Å². The average Bonchev–Trinajstić information content (AvgIpc) is 2.71. The monoisotopic (exact) mass is 313 g/mol. The summed E-state index contributed by atoms with van der Waals surface area (Å²) in [5, 5.41) is 0. The van der Waals surface area contributed by atoms with Gasteiger partial charge in [0.05, 0.1) is 0 Å². The predicted octanol–water partition coefficient (Wildman–Crippen LogP) is 3.68. The molecule has 0 bridgehead atoms. The van der Waals surface area contributed by atoms with E-state index in [0.29, 0.717) is 11.6 Å². The van der Waals surface area contributed by atoms with E-state index in [1.807, 2.05) is 60.7 Å². The summed E-state index contributed by atoms with van der Waals surface area (Å²) in [5.74, 6) is 1.40. The average molecular weight is 313 g/mol. The molecule has 24 heavy (non-hydrogen) atoms. The van der Waals surface area contributed by atoms with E-state index in [1.165, 1.54) is 0 Å². The Morgan fingerprint density at radius 3 is 1.29 bits per heavy atom. The van der Waals surface area contributed by atoms with Gasteiger partial charge < -0.3 is 0 Å². The summed E-state index contributed by atoms with van der Waals surface area (Å²) in [6.07, 6.45) is 8.11. The molecular formula is C19H15N5. The predicted molar refractivity (Wildman–Crippen MR) is 92.7 cm³/mol. The molecule has 0 aliphatic carbocycles. The summed E-state index contributed by atoms with van der Waals surface area (Å²) in [6.45, 7) is 0. The third-order valence-electron chi connectivity index (χ3n) is 3.11. The molecule has 4 rings (SSSR count). The Bertz CT molecular complexity index is 771. The lowest BCUT2D eigenvalue weighted by Crippen LogP contribution is -1.94. The lowest BCUT2D eigenvalue weighted by atomic mass is 10.2. The van der Waals surface area contributed by atoms with Gasteiger partial charge in [0, 0.05) is 35.9 Å². The first-order valence-electron chi connectivity index (χ1n) is 7.43. The number of hydrogen-bond donors (Lipinski definition) is 0. The van der Waals surface area contributed by atoms with E-state index in [4.69, 9.17) is 0 Å². The fourth-order valence-electron chi connectivity index (χ4n) is 2.00. The first-order valence-corrected chi connectivity index (χ1v) is 7.43. The molecule has 0 saturated heterocycles. The van der Waals surface area contributed by atoms with Gasteiger partial charge in [0.15, 0.2) is 11.6 Å². The van der Waals surface area contributed by atoms with E-state index in [9.17, 15) is 0 Å². The van der Waals surface area contributed by atoms with Gasteiger partial charge in [0.1, 0.15) is 6.33 Å². The molecular weight excluding hydrogens is 298 g/mol. The van der Waals surface area contributed by atoms with Gasteiger partial charge in [0.25, 0.3) is 0 Å². The molecule has 5 heteroatoms. The Morgan fingerprint density at radius 1 is 0.500 bits per heavy atom. The van der Waals surface area contributed by atoms with Crippen LogP contribution in [0.25, 0.3) is 22.8 Å². The fourth-order valence-corrected chi connectivity index (χ4v) is 2.00. The lowest BCUT2D eigenvalue weighted by Gasteiger charge is -2.02. The normalized spacial score (nSPS) is 9.67. The quantitative estimate of drug-likeness (QED) is 0.565. The second kappa shape index (κ2) is 8.24. The van der Waals surface area contributed by atoms with E-state index in [-0.39, 0.29) is 0 Å². The van der Waals surface area contributed by atoms with Crippen LogP contribution < -0.4 is 0 Å². The second-order valence-electron chi connectivity index (χ2n) is 4.76. The van der Waals surface area contributed by atoms with Crippen molar-refractivity contribution in [3.05, 3.63) is 91.8 Å². The smallest absolute Gasteiger partial charge is 0.163 e. The van der Waals surface area contributed by atoms with Gasteiger partial charge >= 0.3 is 0 Å². The highest BCUT2D eigenvalue weighted by Gasteiger charge is 2.04. The lowest BCUT2D eigenvalue weighted by molar-refractivity contribution is 1.07. The van der Waals surface area contributed by atoms with Crippen molar-refractivity contribution >= 4 is 0 Å². The second-order valence-corrected chi connectivity index (χ2v) is 4.76. The molecule has 0 fully saturated rings. The highest BCUT2D eigenvalue weighted by atomic mass is 15.0. The van der Waals surface area contributed by atoms with Crippen molar-refractivity contribution in [2.45, 2.75) is 0 Å². The summed E-state index contributed by atoms with van der Waals surface area (Å²) < 4.78 is 0. The highest BCUT2D eigenvalue weighted by molar-refractivity contribution is 5.60. The summed E-state index contributed by atoms with van der Waals surface area (Å²) in [5.41, 5.74) is 1.99. The number of benzene rings is 2. The maximum Gasteiger partial charge on any atom is 0.163 e. The van der Waals surface area contributed by atoms with Crippen molar-refractivity contribution in [1.29, 1.82) is 0 Å². The van der Waals surface area contributed by atoms with E-state index in [1.54, 1.807) is 31.1 Å². The Balaban J connectivity index is 0.000000238. The van der Waals surface area contributed by atoms with E-state index < -0.39 is 0 Å². The van der Waals surface area contributed by atoms with Crippen LogP contribution in [0.5, 0.6) is 0 Å². The first-order chi connectivity index (χ1) is 11.9. The number of nitrogens with zero attached hydrogens (tertiary/aromatic N) is 5. The molecule has 0 radical (unpaired) electrons. The molecule has 0 N–H and O–H groups in total. The Hall–Kier alpha value is -3.47. The van der Waals surface area contributed by atoms with Crippen molar-refractivity contribution in [3.63, 3.8) is 0 Å². The van der Waals surface area contributed by atoms with Crippen LogP contribution in [0.15, 0.2) is 91.8 Å². The van der Waals surface area contributed by atoms with E-state index >= 15 is 0 Å². The molecule has 0 aliphatic rings. The Kier molecular flexibility index (Phi) is 5.30. The van der Waals surface area contributed by atoms with Crippen LogP contribution in [0, 0.1) is 0 Å². The standard InChI is InChI=1S/C15H11N3.C4H4N2/c1-3-7-12(8-4-1)14-16-11-17-15(18-14)13-9-5-2-6-10-13;1-2-6-4-3-5-1/h1-11H;1-4H. The first kappa shape index (κ1) is 15.4. The van der Waals surface area contributed by atoms with Gasteiger partial charge in [-0.15, -0.1) is 0 Å². The van der Waals surface area contributed by atoms with Gasteiger partial charge in [0.2, 0.25) is 0 Å². The van der Waals surface area contributed by atoms with Crippen molar-refractivity contribution in [2.24, 2.45) is 0 Å². The maximum absolute atomic E-state index is 4.49. The fraction of sp³-hybridized carbons (Fsp3) is 0. The third kappa shape index (κ3) is 4.27. The van der Waals surface area contributed by atoms with Gasteiger partial charge in [-0.05, 0) is 0 Å². The van der Waals surface area contributed by atoms with Crippen LogP contribution in [-0.4, -0.2) is 24.9 Å². The molecule has 4 aromatic rings. The zero-order valence-corrected chi connectivity index (χ0v) is 12.9. The summed E-state index contributed by atoms with van der Waals surface area (Å²) in [6, 6.07) is 19.8. The van der Waals surface area contributed by atoms with Gasteiger partial charge in [-0.1, -0.05) is 60.7 Å². The molecule has 2 heterocycles. The Morgan fingerprint density at radius 2 is 0.917 bits per heavy atom. The largest absolute Gasteiger partial charge is 0.262 e. The molecule has 2 aromatic carbocycles. The van der Waals surface area contributed by atoms with Crippen LogP contribution in [0.1, 0.15) is 0 Å². The van der Waals surface area contributed by atoms with E-state index in [0.717, 1.165) is 11.1 Å². The Labute approximate surface area is 140 Å². The van der Waals surface area contributed by atoms with Crippen molar-refractivity contribution < 1.29 is 0 Å². The minimum atomic E-state index is 0.699. The molecule has 0 aliphatic heterocycles. The maximum atomic E-state index is 4.49. The van der Waals surface area contributed by atoms with Crippen molar-refractivity contribution in [1.82, 2.24) is 24.9 Å². The zero-order valence-electron chi connectivity index (χ0n) is 12.9. The number of aromatic nitrogens is 5. The van der Waals surface area contributed by atoms with Crippen molar-refractivity contribution in [2.75, 3.05) is 0 Å². The molecule has 0 saturated carbocycles. The highest BCUT2D eigenvalue weighted by Crippen LogP contribution is 2.18. The van der Waals surface area contributed by atoms with Gasteiger partial charge in [-0.3, -0.25) is 9.97 Å². The molecule has 0 amide bonds. The van der Waals surface area contributed by atoms with Crippen LogP contribution in [0.2, 0.25) is 0 Å². The molecule has 0 spiro atoms. The number of hydrogen-bond acceptors (Lipinski definition) is 5. The third-order valence-corrected chi connectivity index (χ3v) is 3.11. The van der Waals surface area contributed by atoms with Gasteiger partial charge in [-0.25, -0.2) is 15.0 Å². The topological polar surface area (TPSA) is 64.5 Å². The minimum Gasteiger partial charge on any atom is -0.262 e. The number of rotatable bonds is 2. The minimum absolute atomic E-state index is 0.699. The summed E-state index contributed by atoms with van der Waals surface area (Å²) in [4.78, 5) is 20.4. The molecule has 5 nitrogen and oxygen atoms in total. The van der Waals surface area contributed by atoms with Crippen molar-refractivity contribution in [3.8, 4) is 22.8 Å². The summed E-state index contributed by atoms with van der Waals surface area (Å²) in [7, 11) is 0.